The molecular formula is C19H18ClNO4. The Morgan fingerprint density at radius 3 is 2.80 bits per heavy atom. The van der Waals surface area contributed by atoms with Gasteiger partial charge in [-0.3, -0.25) is 4.79 Å². The van der Waals surface area contributed by atoms with E-state index >= 15 is 0 Å². The smallest absolute Gasteiger partial charge is 0.339 e. The lowest BCUT2D eigenvalue weighted by Gasteiger charge is -2.33. The molecule has 1 amide bonds. The van der Waals surface area contributed by atoms with Crippen molar-refractivity contribution in [3.63, 3.8) is 0 Å². The summed E-state index contributed by atoms with van der Waals surface area (Å²) < 4.78 is 10.8. The molecule has 0 spiro atoms. The molecule has 130 valence electrons. The molecule has 3 rings (SSSR count). The number of anilines is 1. The number of amides is 1. The number of benzene rings is 2. The lowest BCUT2D eigenvalue weighted by Crippen LogP contribution is -2.48. The van der Waals surface area contributed by atoms with E-state index in [1.807, 2.05) is 19.1 Å². The summed E-state index contributed by atoms with van der Waals surface area (Å²) in [4.78, 5) is 24.9. The maximum atomic E-state index is 12.7. The Morgan fingerprint density at radius 2 is 2.08 bits per heavy atom. The van der Waals surface area contributed by atoms with E-state index in [9.17, 15) is 9.59 Å². The average Bonchev–Trinajstić information content (AvgIpc) is 2.57. The van der Waals surface area contributed by atoms with Crippen LogP contribution >= 0.6 is 11.6 Å². The van der Waals surface area contributed by atoms with Crippen LogP contribution < -0.4 is 10.1 Å². The third-order valence-electron chi connectivity index (χ3n) is 4.05. The van der Waals surface area contributed by atoms with Gasteiger partial charge >= 0.3 is 5.97 Å². The zero-order valence-corrected chi connectivity index (χ0v) is 14.7. The maximum absolute atomic E-state index is 12.7. The first-order valence-corrected chi connectivity index (χ1v) is 8.36. The van der Waals surface area contributed by atoms with Crippen molar-refractivity contribution in [2.24, 2.45) is 0 Å². The Labute approximate surface area is 150 Å². The zero-order valence-electron chi connectivity index (χ0n) is 14.0. The summed E-state index contributed by atoms with van der Waals surface area (Å²) in [7, 11) is 0. The summed E-state index contributed by atoms with van der Waals surface area (Å²) in [5.74, 6) is -0.355. The molecule has 5 nitrogen and oxygen atoms in total. The van der Waals surface area contributed by atoms with Crippen molar-refractivity contribution in [1.29, 1.82) is 0 Å². The van der Waals surface area contributed by atoms with Crippen molar-refractivity contribution in [2.75, 3.05) is 11.9 Å². The highest BCUT2D eigenvalue weighted by Gasteiger charge is 2.42. The molecule has 0 saturated carbocycles. The van der Waals surface area contributed by atoms with Crippen LogP contribution in [-0.4, -0.2) is 24.1 Å². The second-order valence-corrected chi connectivity index (χ2v) is 6.39. The van der Waals surface area contributed by atoms with Crippen molar-refractivity contribution in [3.8, 4) is 5.75 Å². The van der Waals surface area contributed by atoms with Gasteiger partial charge in [0.15, 0.2) is 5.60 Å². The van der Waals surface area contributed by atoms with Gasteiger partial charge in [0.2, 0.25) is 0 Å². The van der Waals surface area contributed by atoms with E-state index in [1.165, 1.54) is 0 Å². The highest BCUT2D eigenvalue weighted by molar-refractivity contribution is 6.32. The van der Waals surface area contributed by atoms with Crippen LogP contribution in [0.25, 0.3) is 0 Å². The lowest BCUT2D eigenvalue weighted by atomic mass is 9.89. The normalized spacial score (nSPS) is 18.9. The van der Waals surface area contributed by atoms with Gasteiger partial charge in [-0.15, -0.1) is 0 Å². The van der Waals surface area contributed by atoms with Crippen molar-refractivity contribution in [2.45, 2.75) is 25.9 Å². The SMILES string of the molecule is CCOc1ccc(NC(=O)C2(C)Cc3ccccc3C(=O)O2)cc1Cl. The molecule has 1 aliphatic rings. The minimum atomic E-state index is -1.28. The van der Waals surface area contributed by atoms with Crippen LogP contribution in [0, 0.1) is 0 Å². The van der Waals surface area contributed by atoms with Gasteiger partial charge in [0.05, 0.1) is 17.2 Å². The third-order valence-corrected chi connectivity index (χ3v) is 4.35. The fourth-order valence-electron chi connectivity index (χ4n) is 2.77. The zero-order chi connectivity index (χ0) is 18.0. The second-order valence-electron chi connectivity index (χ2n) is 5.99. The molecule has 6 heteroatoms. The lowest BCUT2D eigenvalue weighted by molar-refractivity contribution is -0.134. The molecule has 0 aromatic heterocycles. The van der Waals surface area contributed by atoms with E-state index < -0.39 is 17.5 Å². The minimum absolute atomic E-state index is 0.311. The summed E-state index contributed by atoms with van der Waals surface area (Å²) in [6.45, 7) is 3.97. The van der Waals surface area contributed by atoms with Gasteiger partial charge < -0.3 is 14.8 Å². The molecule has 1 unspecified atom stereocenters. The van der Waals surface area contributed by atoms with E-state index in [0.717, 1.165) is 5.56 Å². The Morgan fingerprint density at radius 1 is 1.32 bits per heavy atom. The number of hydrogen-bond donors (Lipinski definition) is 1. The van der Waals surface area contributed by atoms with Crippen molar-refractivity contribution in [1.82, 2.24) is 0 Å². The first kappa shape index (κ1) is 17.3. The summed E-state index contributed by atoms with van der Waals surface area (Å²) in [5, 5.41) is 3.16. The molecule has 0 bridgehead atoms. The number of hydrogen-bond acceptors (Lipinski definition) is 4. The molecule has 2 aromatic rings. The van der Waals surface area contributed by atoms with Crippen molar-refractivity contribution >= 4 is 29.2 Å². The molecular weight excluding hydrogens is 342 g/mol. The molecule has 0 saturated heterocycles. The molecule has 2 aromatic carbocycles. The largest absolute Gasteiger partial charge is 0.492 e. The van der Waals surface area contributed by atoms with Crippen molar-refractivity contribution < 1.29 is 19.1 Å². The molecule has 1 atom stereocenters. The number of nitrogens with one attached hydrogen (secondary N) is 1. The highest BCUT2D eigenvalue weighted by atomic mass is 35.5. The maximum Gasteiger partial charge on any atom is 0.339 e. The predicted octanol–water partition coefficient (Wildman–Crippen LogP) is 3.85. The number of carbonyl (C=O) groups is 2. The second kappa shape index (κ2) is 6.76. The Kier molecular flexibility index (Phi) is 4.68. The van der Waals surface area contributed by atoms with Gasteiger partial charge in [0.25, 0.3) is 5.91 Å². The number of rotatable bonds is 4. The number of carbonyl (C=O) groups excluding carboxylic acids is 2. The fraction of sp³-hybridized carbons (Fsp3) is 0.263. The monoisotopic (exact) mass is 359 g/mol. The summed E-state index contributed by atoms with van der Waals surface area (Å²) in [5.41, 5.74) is 0.517. The van der Waals surface area contributed by atoms with E-state index in [0.29, 0.717) is 35.1 Å². The van der Waals surface area contributed by atoms with E-state index in [4.69, 9.17) is 21.1 Å². The van der Waals surface area contributed by atoms with Gasteiger partial charge in [0, 0.05) is 12.1 Å². The number of cyclic esters (lactones) is 1. The number of ether oxygens (including phenoxy) is 2. The van der Waals surface area contributed by atoms with Crippen LogP contribution in [0.5, 0.6) is 5.75 Å². The van der Waals surface area contributed by atoms with Crippen LogP contribution in [-0.2, 0) is 16.0 Å². The fourth-order valence-corrected chi connectivity index (χ4v) is 3.01. The first-order chi connectivity index (χ1) is 11.9. The van der Waals surface area contributed by atoms with Gasteiger partial charge in [0.1, 0.15) is 5.75 Å². The number of halogens is 1. The molecule has 0 radical (unpaired) electrons. The van der Waals surface area contributed by atoms with Gasteiger partial charge in [-0.2, -0.15) is 0 Å². The molecule has 1 heterocycles. The summed E-state index contributed by atoms with van der Waals surface area (Å²) in [6.07, 6.45) is 0.311. The summed E-state index contributed by atoms with van der Waals surface area (Å²) in [6, 6.07) is 12.1. The molecule has 1 aliphatic heterocycles. The molecule has 1 N–H and O–H groups in total. The van der Waals surface area contributed by atoms with Crippen LogP contribution in [0.3, 0.4) is 0 Å². The average molecular weight is 360 g/mol. The first-order valence-electron chi connectivity index (χ1n) is 7.98. The van der Waals surface area contributed by atoms with Gasteiger partial charge in [-0.1, -0.05) is 29.8 Å². The molecule has 0 fully saturated rings. The third kappa shape index (κ3) is 3.46. The Bertz CT molecular complexity index is 836. The van der Waals surface area contributed by atoms with Crippen LogP contribution in [0.2, 0.25) is 5.02 Å². The minimum Gasteiger partial charge on any atom is -0.492 e. The standard InChI is InChI=1S/C19H18ClNO4/c1-3-24-16-9-8-13(10-15(16)20)21-18(23)19(2)11-12-6-4-5-7-14(12)17(22)25-19/h4-10H,3,11H2,1-2H3,(H,21,23). The summed E-state index contributed by atoms with van der Waals surface area (Å²) >= 11 is 6.14. The number of fused-ring (bicyclic) bond motifs is 1. The molecule has 25 heavy (non-hydrogen) atoms. The van der Waals surface area contributed by atoms with Crippen LogP contribution in [0.4, 0.5) is 5.69 Å². The Hall–Kier alpha value is -2.53. The van der Waals surface area contributed by atoms with E-state index in [2.05, 4.69) is 5.32 Å². The van der Waals surface area contributed by atoms with Gasteiger partial charge in [-0.05, 0) is 43.7 Å². The van der Waals surface area contributed by atoms with Crippen LogP contribution in [0.15, 0.2) is 42.5 Å². The van der Waals surface area contributed by atoms with Gasteiger partial charge in [-0.25, -0.2) is 4.79 Å². The quantitative estimate of drug-likeness (QED) is 0.842. The Balaban J connectivity index is 1.79. The topological polar surface area (TPSA) is 64.6 Å². The highest BCUT2D eigenvalue weighted by Crippen LogP contribution is 2.31. The van der Waals surface area contributed by atoms with Crippen molar-refractivity contribution in [3.05, 3.63) is 58.6 Å². The predicted molar refractivity (Wildman–Crippen MR) is 95.2 cm³/mol. The van der Waals surface area contributed by atoms with E-state index in [-0.39, 0.29) is 0 Å². The van der Waals surface area contributed by atoms with E-state index in [1.54, 1.807) is 37.3 Å². The number of esters is 1. The molecule has 0 aliphatic carbocycles. The van der Waals surface area contributed by atoms with Crippen LogP contribution in [0.1, 0.15) is 29.8 Å².